The first kappa shape index (κ1) is 21.6. The molecule has 6 nitrogen and oxygen atoms in total. The summed E-state index contributed by atoms with van der Waals surface area (Å²) >= 11 is 0. The fraction of sp³-hybridized carbons (Fsp3) is 0.375. The molecule has 1 fully saturated rings. The van der Waals surface area contributed by atoms with Crippen LogP contribution in [0.1, 0.15) is 37.3 Å². The molecule has 0 aromatic heterocycles. The van der Waals surface area contributed by atoms with Crippen molar-refractivity contribution in [2.45, 2.75) is 32.6 Å². The molecule has 1 heterocycles. The number of amides is 2. The molecule has 158 valence electrons. The maximum atomic E-state index is 12.3. The molecule has 1 saturated heterocycles. The molecule has 3 rings (SSSR count). The maximum absolute atomic E-state index is 12.3. The third kappa shape index (κ3) is 5.92. The summed E-state index contributed by atoms with van der Waals surface area (Å²) < 4.78 is 5.15. The number of carbonyl (C=O) groups excluding carboxylic acids is 3. The van der Waals surface area contributed by atoms with Crippen molar-refractivity contribution in [3.05, 3.63) is 65.7 Å². The van der Waals surface area contributed by atoms with E-state index in [-0.39, 0.29) is 18.9 Å². The molecule has 30 heavy (non-hydrogen) atoms. The SMILES string of the molecule is CC(C)c1ccc(NC(=O)COC(=O)[C@H]2CC(=O)N(CCc3ccccc3)C2)cc1. The van der Waals surface area contributed by atoms with Gasteiger partial charge in [0.2, 0.25) is 5.91 Å². The number of hydrogen-bond donors (Lipinski definition) is 1. The zero-order valence-corrected chi connectivity index (χ0v) is 17.5. The minimum absolute atomic E-state index is 0.0532. The van der Waals surface area contributed by atoms with E-state index in [2.05, 4.69) is 19.2 Å². The lowest BCUT2D eigenvalue weighted by molar-refractivity contribution is -0.151. The molecule has 2 aromatic rings. The molecular formula is C24H28N2O4. The average Bonchev–Trinajstić information content (AvgIpc) is 3.12. The van der Waals surface area contributed by atoms with Gasteiger partial charge in [-0.15, -0.1) is 0 Å². The van der Waals surface area contributed by atoms with Gasteiger partial charge in [0, 0.05) is 25.2 Å². The van der Waals surface area contributed by atoms with E-state index in [0.717, 1.165) is 12.0 Å². The number of nitrogens with zero attached hydrogens (tertiary/aromatic N) is 1. The Balaban J connectivity index is 1.42. The number of benzene rings is 2. The normalized spacial score (nSPS) is 16.0. The number of esters is 1. The standard InChI is InChI=1S/C24H28N2O4/c1-17(2)19-8-10-21(11-9-19)25-22(27)16-30-24(29)20-14-23(28)26(15-20)13-12-18-6-4-3-5-7-18/h3-11,17,20H,12-16H2,1-2H3,(H,25,27)/t20-/m0/s1. The zero-order valence-electron chi connectivity index (χ0n) is 17.5. The number of likely N-dealkylation sites (tertiary alicyclic amines) is 1. The summed E-state index contributed by atoms with van der Waals surface area (Å²) in [4.78, 5) is 38.3. The van der Waals surface area contributed by atoms with Crippen LogP contribution < -0.4 is 5.32 Å². The Morgan fingerprint density at radius 3 is 2.47 bits per heavy atom. The van der Waals surface area contributed by atoms with Crippen LogP contribution in [0.25, 0.3) is 0 Å². The molecule has 1 aliphatic heterocycles. The Labute approximate surface area is 177 Å². The molecular weight excluding hydrogens is 380 g/mol. The van der Waals surface area contributed by atoms with Crippen LogP contribution in [0, 0.1) is 5.92 Å². The summed E-state index contributed by atoms with van der Waals surface area (Å²) in [6.07, 6.45) is 0.873. The number of rotatable bonds is 8. The number of nitrogens with one attached hydrogen (secondary N) is 1. The first-order valence-corrected chi connectivity index (χ1v) is 10.3. The van der Waals surface area contributed by atoms with E-state index in [1.165, 1.54) is 5.56 Å². The van der Waals surface area contributed by atoms with E-state index in [4.69, 9.17) is 4.74 Å². The van der Waals surface area contributed by atoms with Crippen LogP contribution in [0.4, 0.5) is 5.69 Å². The van der Waals surface area contributed by atoms with E-state index < -0.39 is 17.8 Å². The number of anilines is 1. The van der Waals surface area contributed by atoms with Crippen molar-refractivity contribution < 1.29 is 19.1 Å². The third-order valence-electron chi connectivity index (χ3n) is 5.27. The van der Waals surface area contributed by atoms with Crippen molar-refractivity contribution in [2.75, 3.05) is 25.0 Å². The van der Waals surface area contributed by atoms with Crippen LogP contribution in [0.15, 0.2) is 54.6 Å². The summed E-state index contributed by atoms with van der Waals surface area (Å²) in [7, 11) is 0. The molecule has 0 spiro atoms. The highest BCUT2D eigenvalue weighted by Gasteiger charge is 2.35. The molecule has 0 unspecified atom stereocenters. The van der Waals surface area contributed by atoms with E-state index in [1.807, 2.05) is 54.6 Å². The van der Waals surface area contributed by atoms with Crippen molar-refractivity contribution in [1.29, 1.82) is 0 Å². The smallest absolute Gasteiger partial charge is 0.311 e. The topological polar surface area (TPSA) is 75.7 Å². The molecule has 0 bridgehead atoms. The Morgan fingerprint density at radius 2 is 1.80 bits per heavy atom. The highest BCUT2D eigenvalue weighted by atomic mass is 16.5. The highest BCUT2D eigenvalue weighted by Crippen LogP contribution is 2.20. The Kier molecular flexibility index (Phi) is 7.22. The van der Waals surface area contributed by atoms with Crippen LogP contribution in [0.3, 0.4) is 0 Å². The van der Waals surface area contributed by atoms with Gasteiger partial charge < -0.3 is 15.0 Å². The van der Waals surface area contributed by atoms with Gasteiger partial charge in [-0.1, -0.05) is 56.3 Å². The molecule has 1 N–H and O–H groups in total. The van der Waals surface area contributed by atoms with Crippen molar-refractivity contribution in [3.8, 4) is 0 Å². The first-order chi connectivity index (χ1) is 14.4. The van der Waals surface area contributed by atoms with Gasteiger partial charge in [0.15, 0.2) is 6.61 Å². The maximum Gasteiger partial charge on any atom is 0.311 e. The number of carbonyl (C=O) groups is 3. The summed E-state index contributed by atoms with van der Waals surface area (Å²) in [6, 6.07) is 17.5. The molecule has 1 atom stereocenters. The van der Waals surface area contributed by atoms with Gasteiger partial charge in [0.1, 0.15) is 0 Å². The van der Waals surface area contributed by atoms with E-state index in [0.29, 0.717) is 24.7 Å². The number of hydrogen-bond acceptors (Lipinski definition) is 4. The minimum Gasteiger partial charge on any atom is -0.455 e. The molecule has 2 aromatic carbocycles. The van der Waals surface area contributed by atoms with Gasteiger partial charge in [-0.2, -0.15) is 0 Å². The summed E-state index contributed by atoms with van der Waals surface area (Å²) in [6.45, 7) is 4.74. The van der Waals surface area contributed by atoms with Gasteiger partial charge in [0.25, 0.3) is 5.91 Å². The van der Waals surface area contributed by atoms with Crippen molar-refractivity contribution in [3.63, 3.8) is 0 Å². The quantitative estimate of drug-likeness (QED) is 0.680. The second kappa shape index (κ2) is 10.1. The van der Waals surface area contributed by atoms with Crippen molar-refractivity contribution >= 4 is 23.5 Å². The van der Waals surface area contributed by atoms with Crippen LogP contribution in [-0.2, 0) is 25.5 Å². The average molecular weight is 408 g/mol. The molecule has 2 amide bonds. The minimum atomic E-state index is -0.522. The van der Waals surface area contributed by atoms with Gasteiger partial charge in [0.05, 0.1) is 5.92 Å². The molecule has 0 saturated carbocycles. The third-order valence-corrected chi connectivity index (χ3v) is 5.27. The van der Waals surface area contributed by atoms with Gasteiger partial charge >= 0.3 is 5.97 Å². The van der Waals surface area contributed by atoms with Crippen molar-refractivity contribution in [2.24, 2.45) is 5.92 Å². The fourth-order valence-electron chi connectivity index (χ4n) is 3.46. The first-order valence-electron chi connectivity index (χ1n) is 10.3. The Morgan fingerprint density at radius 1 is 1.10 bits per heavy atom. The zero-order chi connectivity index (χ0) is 21.5. The Hall–Kier alpha value is -3.15. The van der Waals surface area contributed by atoms with Gasteiger partial charge in [-0.05, 0) is 35.6 Å². The fourth-order valence-corrected chi connectivity index (χ4v) is 3.46. The molecule has 6 heteroatoms. The molecule has 0 radical (unpaired) electrons. The van der Waals surface area contributed by atoms with Gasteiger partial charge in [-0.3, -0.25) is 14.4 Å². The lowest BCUT2D eigenvalue weighted by atomic mass is 10.0. The lowest BCUT2D eigenvalue weighted by Crippen LogP contribution is -2.29. The largest absolute Gasteiger partial charge is 0.455 e. The van der Waals surface area contributed by atoms with Crippen LogP contribution in [0.5, 0.6) is 0 Å². The summed E-state index contributed by atoms with van der Waals surface area (Å²) in [5.41, 5.74) is 2.99. The van der Waals surface area contributed by atoms with E-state index >= 15 is 0 Å². The van der Waals surface area contributed by atoms with Crippen LogP contribution >= 0.6 is 0 Å². The molecule has 1 aliphatic rings. The second-order valence-electron chi connectivity index (χ2n) is 7.91. The number of ether oxygens (including phenoxy) is 1. The monoisotopic (exact) mass is 408 g/mol. The van der Waals surface area contributed by atoms with E-state index in [1.54, 1.807) is 4.90 Å². The van der Waals surface area contributed by atoms with Crippen LogP contribution in [0.2, 0.25) is 0 Å². The van der Waals surface area contributed by atoms with Crippen molar-refractivity contribution in [1.82, 2.24) is 4.90 Å². The highest BCUT2D eigenvalue weighted by molar-refractivity contribution is 5.93. The second-order valence-corrected chi connectivity index (χ2v) is 7.91. The predicted molar refractivity (Wildman–Crippen MR) is 115 cm³/mol. The van der Waals surface area contributed by atoms with Gasteiger partial charge in [-0.25, -0.2) is 0 Å². The van der Waals surface area contributed by atoms with E-state index in [9.17, 15) is 14.4 Å². The Bertz CT molecular complexity index is 878. The molecule has 0 aliphatic carbocycles. The lowest BCUT2D eigenvalue weighted by Gasteiger charge is -2.16. The predicted octanol–water partition coefficient (Wildman–Crippen LogP) is 3.38. The summed E-state index contributed by atoms with van der Waals surface area (Å²) in [5, 5.41) is 2.72. The van der Waals surface area contributed by atoms with Crippen LogP contribution in [-0.4, -0.2) is 42.4 Å². The summed E-state index contributed by atoms with van der Waals surface area (Å²) in [5.74, 6) is -1.06.